The van der Waals surface area contributed by atoms with E-state index in [1.54, 1.807) is 13.3 Å². The molecular formula is C40H42N4O2. The van der Waals surface area contributed by atoms with E-state index in [9.17, 15) is 0 Å². The molecule has 0 N–H and O–H groups in total. The number of hydrogen-bond acceptors (Lipinski definition) is 4. The van der Waals surface area contributed by atoms with Crippen LogP contribution >= 0.6 is 0 Å². The monoisotopic (exact) mass is 610 g/mol. The van der Waals surface area contributed by atoms with Crippen LogP contribution in [0.5, 0.6) is 17.2 Å². The van der Waals surface area contributed by atoms with Crippen molar-refractivity contribution in [3.63, 3.8) is 0 Å². The lowest BCUT2D eigenvalue weighted by Crippen LogP contribution is -2.17. The molecule has 46 heavy (non-hydrogen) atoms. The van der Waals surface area contributed by atoms with Crippen LogP contribution in [0.2, 0.25) is 0 Å². The molecule has 3 aromatic heterocycles. The molecule has 7 rings (SSSR count). The number of para-hydroxylation sites is 1. The van der Waals surface area contributed by atoms with Crippen LogP contribution in [0.3, 0.4) is 0 Å². The highest BCUT2D eigenvalue weighted by Crippen LogP contribution is 2.42. The molecule has 0 spiro atoms. The largest absolute Gasteiger partial charge is 0.497 e. The molecule has 0 fully saturated rings. The Kier molecular flexibility index (Phi) is 7.89. The highest BCUT2D eigenvalue weighted by atomic mass is 16.5. The van der Waals surface area contributed by atoms with Gasteiger partial charge in [-0.05, 0) is 87.4 Å². The Morgan fingerprint density at radius 1 is 0.848 bits per heavy atom. The van der Waals surface area contributed by atoms with E-state index < -0.39 is 0 Å². The Morgan fingerprint density at radius 3 is 2.46 bits per heavy atom. The van der Waals surface area contributed by atoms with E-state index >= 15 is 0 Å². The third kappa shape index (κ3) is 5.16. The quantitative estimate of drug-likeness (QED) is 0.161. The maximum absolute atomic E-state index is 6.64. The van der Waals surface area contributed by atoms with E-state index in [0.29, 0.717) is 11.8 Å². The van der Waals surface area contributed by atoms with Gasteiger partial charge in [-0.15, -0.1) is 0 Å². The first-order valence-corrected chi connectivity index (χ1v) is 16.5. The van der Waals surface area contributed by atoms with Crippen molar-refractivity contribution < 1.29 is 9.47 Å². The highest BCUT2D eigenvalue weighted by Gasteiger charge is 2.31. The lowest BCUT2D eigenvalue weighted by atomic mass is 9.74. The molecule has 1 aliphatic rings. The van der Waals surface area contributed by atoms with E-state index in [0.717, 1.165) is 69.0 Å². The summed E-state index contributed by atoms with van der Waals surface area (Å²) in [5, 5.41) is 7.55. The number of ether oxygens (including phenoxy) is 2. The second kappa shape index (κ2) is 12.2. The highest BCUT2D eigenvalue weighted by molar-refractivity contribution is 6.09. The van der Waals surface area contributed by atoms with Gasteiger partial charge < -0.3 is 9.47 Å². The van der Waals surface area contributed by atoms with Gasteiger partial charge in [0.1, 0.15) is 23.1 Å². The average Bonchev–Trinajstić information content (AvgIpc) is 3.59. The van der Waals surface area contributed by atoms with Gasteiger partial charge in [0, 0.05) is 52.3 Å². The summed E-state index contributed by atoms with van der Waals surface area (Å²) >= 11 is 0. The van der Waals surface area contributed by atoms with Crippen LogP contribution in [0.1, 0.15) is 69.0 Å². The molecule has 0 bridgehead atoms. The van der Waals surface area contributed by atoms with Crippen molar-refractivity contribution in [3.05, 3.63) is 113 Å². The average molecular weight is 611 g/mol. The van der Waals surface area contributed by atoms with Gasteiger partial charge >= 0.3 is 0 Å². The molecular weight excluding hydrogens is 568 g/mol. The van der Waals surface area contributed by atoms with Gasteiger partial charge in [-0.3, -0.25) is 4.57 Å². The Hall–Kier alpha value is -4.84. The summed E-state index contributed by atoms with van der Waals surface area (Å²) in [5.74, 6) is 4.14. The molecule has 0 saturated carbocycles. The van der Waals surface area contributed by atoms with Crippen LogP contribution < -0.4 is 9.47 Å². The van der Waals surface area contributed by atoms with Crippen molar-refractivity contribution in [1.82, 2.24) is 19.3 Å². The minimum absolute atomic E-state index is 0.422. The van der Waals surface area contributed by atoms with Gasteiger partial charge in [0.15, 0.2) is 0 Å². The minimum Gasteiger partial charge on any atom is -0.497 e. The maximum Gasteiger partial charge on any atom is 0.141 e. The lowest BCUT2D eigenvalue weighted by molar-refractivity contribution is 0.414. The third-order valence-electron chi connectivity index (χ3n) is 9.57. The number of nitrogens with zero attached hydrogens (tertiary/aromatic N) is 4. The fraction of sp³-hybridized carbons (Fsp3) is 0.300. The predicted octanol–water partition coefficient (Wildman–Crippen LogP) is 10.1. The van der Waals surface area contributed by atoms with Crippen molar-refractivity contribution in [1.29, 1.82) is 0 Å². The van der Waals surface area contributed by atoms with Crippen LogP contribution in [0.25, 0.3) is 33.3 Å². The molecule has 6 aromatic rings. The number of rotatable bonds is 8. The zero-order chi connectivity index (χ0) is 31.9. The summed E-state index contributed by atoms with van der Waals surface area (Å²) in [5.41, 5.74) is 9.69. The van der Waals surface area contributed by atoms with E-state index in [1.807, 2.05) is 12.1 Å². The fourth-order valence-electron chi connectivity index (χ4n) is 7.47. The van der Waals surface area contributed by atoms with E-state index in [2.05, 4.69) is 111 Å². The first-order valence-electron chi connectivity index (χ1n) is 16.5. The van der Waals surface area contributed by atoms with Crippen molar-refractivity contribution in [2.45, 2.75) is 66.2 Å². The van der Waals surface area contributed by atoms with Gasteiger partial charge in [-0.1, -0.05) is 50.6 Å². The molecule has 3 aromatic carbocycles. The van der Waals surface area contributed by atoms with Crippen LogP contribution in [-0.2, 0) is 12.8 Å². The number of pyridine rings is 1. The Balaban J connectivity index is 1.31. The summed E-state index contributed by atoms with van der Waals surface area (Å²) < 4.78 is 16.5. The Bertz CT molecular complexity index is 2100. The summed E-state index contributed by atoms with van der Waals surface area (Å²) in [4.78, 5) is 4.70. The molecule has 1 unspecified atom stereocenters. The van der Waals surface area contributed by atoms with Crippen LogP contribution in [-0.4, -0.2) is 26.4 Å². The molecule has 0 amide bonds. The number of allylic oxidation sites excluding steroid dienone is 2. The second-order valence-corrected chi connectivity index (χ2v) is 12.6. The maximum atomic E-state index is 6.64. The van der Waals surface area contributed by atoms with Crippen molar-refractivity contribution in [2.24, 2.45) is 5.92 Å². The smallest absolute Gasteiger partial charge is 0.141 e. The molecule has 0 radical (unpaired) electrons. The molecule has 234 valence electrons. The van der Waals surface area contributed by atoms with Crippen LogP contribution in [0, 0.1) is 12.8 Å². The van der Waals surface area contributed by atoms with Gasteiger partial charge in [0.25, 0.3) is 0 Å². The third-order valence-corrected chi connectivity index (χ3v) is 9.57. The van der Waals surface area contributed by atoms with Crippen LogP contribution in [0.4, 0.5) is 0 Å². The number of methoxy groups -OCH3 is 1. The minimum atomic E-state index is 0.422. The van der Waals surface area contributed by atoms with Crippen molar-refractivity contribution in [2.75, 3.05) is 7.11 Å². The number of aryl methyl sites for hydroxylation is 2. The van der Waals surface area contributed by atoms with Crippen LogP contribution in [0.15, 0.2) is 90.6 Å². The van der Waals surface area contributed by atoms with E-state index in [4.69, 9.17) is 19.6 Å². The lowest BCUT2D eigenvalue weighted by Gasteiger charge is -2.30. The van der Waals surface area contributed by atoms with Gasteiger partial charge in [-0.2, -0.15) is 5.10 Å². The van der Waals surface area contributed by atoms with E-state index in [1.165, 1.54) is 35.4 Å². The number of fused-ring (bicyclic) bond motifs is 3. The summed E-state index contributed by atoms with van der Waals surface area (Å²) in [6.07, 6.45) is 8.44. The molecule has 0 saturated heterocycles. The normalized spacial score (nSPS) is 16.6. The zero-order valence-electron chi connectivity index (χ0n) is 27.7. The van der Waals surface area contributed by atoms with E-state index in [-0.39, 0.29) is 0 Å². The molecule has 2 atom stereocenters. The molecule has 6 nitrogen and oxygen atoms in total. The Labute approximate surface area is 271 Å². The van der Waals surface area contributed by atoms with Crippen molar-refractivity contribution in [3.8, 4) is 28.8 Å². The van der Waals surface area contributed by atoms with Gasteiger partial charge in [0.05, 0.1) is 29.5 Å². The number of benzene rings is 3. The summed E-state index contributed by atoms with van der Waals surface area (Å²) in [6, 6.07) is 25.0. The second-order valence-electron chi connectivity index (χ2n) is 12.6. The summed E-state index contributed by atoms with van der Waals surface area (Å²) in [7, 11) is 1.68. The molecule has 1 aliphatic carbocycles. The molecule has 0 aliphatic heterocycles. The summed E-state index contributed by atoms with van der Waals surface area (Å²) in [6.45, 7) is 11.3. The number of hydrogen-bond donors (Lipinski definition) is 0. The first kappa shape index (κ1) is 29.8. The fourth-order valence-corrected chi connectivity index (χ4v) is 7.47. The molecule has 6 heteroatoms. The Morgan fingerprint density at radius 2 is 1.67 bits per heavy atom. The zero-order valence-corrected chi connectivity index (χ0v) is 27.7. The SMILES string of the molecule is CCc1nn(-c2cc(C)cc(Oc3ccc4c5ccccc5n(-c5cc(OC)ccn5)c4c3)c2)c(CC)c1C1C(C)=CCC[C@@H]1C. The standard InChI is InChI=1S/C40H42N4O2/c1-7-34-40(39-26(4)12-11-13-27(39)5)35(8-2)44(42-34)28-20-25(3)21-31(22-28)46-30-16-17-33-32-14-9-10-15-36(32)43(37(33)23-30)38-24-29(45-6)18-19-41-38/h9-10,12,14-24,27,39H,7-8,11,13H2,1-6H3/t27-,39?/m0/s1. The predicted molar refractivity (Wildman–Crippen MR) is 187 cm³/mol. The molecule has 3 heterocycles. The first-order chi connectivity index (χ1) is 22.4. The van der Waals surface area contributed by atoms with Gasteiger partial charge in [0.2, 0.25) is 0 Å². The number of aromatic nitrogens is 4. The van der Waals surface area contributed by atoms with Crippen molar-refractivity contribution >= 4 is 21.8 Å². The van der Waals surface area contributed by atoms with Gasteiger partial charge in [-0.25, -0.2) is 9.67 Å². The topological polar surface area (TPSA) is 54.1 Å².